The molecule has 0 aliphatic carbocycles. The first-order valence-electron chi connectivity index (χ1n) is 4.94. The molecule has 0 saturated heterocycles. The predicted octanol–water partition coefficient (Wildman–Crippen LogP) is 2.44. The van der Waals surface area contributed by atoms with Crippen molar-refractivity contribution in [2.24, 2.45) is 0 Å². The van der Waals surface area contributed by atoms with Gasteiger partial charge in [0.1, 0.15) is 0 Å². The smallest absolute Gasteiger partial charge is 0.225 e. The number of thiophene rings is 1. The van der Waals surface area contributed by atoms with Crippen molar-refractivity contribution in [1.29, 1.82) is 0 Å². The van der Waals surface area contributed by atoms with Crippen molar-refractivity contribution < 1.29 is 0 Å². The molecule has 0 saturated carbocycles. The van der Waals surface area contributed by atoms with Crippen LogP contribution in [0.3, 0.4) is 0 Å². The number of fused-ring (bicyclic) bond motifs is 1. The molecule has 0 aliphatic heterocycles. The summed E-state index contributed by atoms with van der Waals surface area (Å²) in [6.07, 6.45) is 1.82. The molecule has 2 aromatic heterocycles. The van der Waals surface area contributed by atoms with Crippen LogP contribution in [0.4, 0.5) is 11.8 Å². The fraction of sp³-hybridized carbons (Fsp3) is 0.273. The number of hydrogen-bond donors (Lipinski definition) is 1. The first-order valence-corrected chi connectivity index (χ1v) is 5.82. The minimum Gasteiger partial charge on any atom is -0.361 e. The fourth-order valence-corrected chi connectivity index (χ4v) is 2.54. The third-order valence-electron chi connectivity index (χ3n) is 2.29. The molecule has 2 rings (SSSR count). The maximum atomic E-state index is 4.46. The monoisotopic (exact) mass is 234 g/mol. The molecule has 0 bridgehead atoms. The Balaban J connectivity index is 2.78. The van der Waals surface area contributed by atoms with E-state index in [0.717, 1.165) is 21.6 Å². The van der Waals surface area contributed by atoms with E-state index in [1.54, 1.807) is 11.3 Å². The quantitative estimate of drug-likeness (QED) is 0.885. The van der Waals surface area contributed by atoms with Crippen LogP contribution in [0.5, 0.6) is 0 Å². The highest BCUT2D eigenvalue weighted by Crippen LogP contribution is 2.32. The Bertz CT molecular complexity index is 530. The molecule has 0 unspecified atom stereocenters. The van der Waals surface area contributed by atoms with Gasteiger partial charge in [-0.3, -0.25) is 0 Å². The van der Waals surface area contributed by atoms with Gasteiger partial charge in [-0.2, -0.15) is 4.98 Å². The molecule has 0 radical (unpaired) electrons. The molecule has 2 heterocycles. The lowest BCUT2D eigenvalue weighted by Gasteiger charge is -2.13. The van der Waals surface area contributed by atoms with E-state index < -0.39 is 0 Å². The average Bonchev–Trinajstić information content (AvgIpc) is 2.69. The van der Waals surface area contributed by atoms with Crippen LogP contribution in [-0.2, 0) is 0 Å². The third kappa shape index (κ3) is 1.63. The van der Waals surface area contributed by atoms with Gasteiger partial charge in [0.05, 0.1) is 10.2 Å². The summed E-state index contributed by atoms with van der Waals surface area (Å²) in [4.78, 5) is 10.9. The molecule has 84 valence electrons. The predicted molar refractivity (Wildman–Crippen MR) is 71.4 cm³/mol. The van der Waals surface area contributed by atoms with E-state index >= 15 is 0 Å². The maximum absolute atomic E-state index is 4.46. The minimum atomic E-state index is 0.637. The maximum Gasteiger partial charge on any atom is 0.225 e. The van der Waals surface area contributed by atoms with Crippen LogP contribution in [0.15, 0.2) is 12.0 Å². The zero-order valence-corrected chi connectivity index (χ0v) is 10.4. The summed E-state index contributed by atoms with van der Waals surface area (Å²) in [6, 6.07) is 0. The second-order valence-electron chi connectivity index (χ2n) is 3.59. The van der Waals surface area contributed by atoms with Gasteiger partial charge in [-0.25, -0.2) is 4.98 Å². The van der Waals surface area contributed by atoms with Crippen LogP contribution in [0.1, 0.15) is 5.56 Å². The van der Waals surface area contributed by atoms with Crippen LogP contribution >= 0.6 is 11.3 Å². The minimum absolute atomic E-state index is 0.637. The SMILES string of the molecule is C=Cc1csc2c(N(C)C)nc(NC)nc12. The number of hydrogen-bond acceptors (Lipinski definition) is 5. The Hall–Kier alpha value is -1.62. The van der Waals surface area contributed by atoms with Gasteiger partial charge >= 0.3 is 0 Å². The van der Waals surface area contributed by atoms with Crippen molar-refractivity contribution in [1.82, 2.24) is 9.97 Å². The largest absolute Gasteiger partial charge is 0.361 e. The van der Waals surface area contributed by atoms with Gasteiger partial charge in [0, 0.05) is 32.1 Å². The highest BCUT2D eigenvalue weighted by Gasteiger charge is 2.12. The topological polar surface area (TPSA) is 41.1 Å². The van der Waals surface area contributed by atoms with Crippen molar-refractivity contribution in [3.05, 3.63) is 17.5 Å². The molecule has 0 spiro atoms. The van der Waals surface area contributed by atoms with Crippen molar-refractivity contribution in [2.45, 2.75) is 0 Å². The van der Waals surface area contributed by atoms with Crippen molar-refractivity contribution >= 4 is 39.4 Å². The number of nitrogens with one attached hydrogen (secondary N) is 1. The Labute approximate surface area is 98.6 Å². The summed E-state index contributed by atoms with van der Waals surface area (Å²) in [5, 5.41) is 5.03. The second kappa shape index (κ2) is 4.09. The lowest BCUT2D eigenvalue weighted by atomic mass is 10.3. The number of aromatic nitrogens is 2. The molecule has 5 heteroatoms. The van der Waals surface area contributed by atoms with Crippen molar-refractivity contribution in [2.75, 3.05) is 31.4 Å². The highest BCUT2D eigenvalue weighted by molar-refractivity contribution is 7.18. The third-order valence-corrected chi connectivity index (χ3v) is 3.28. The molecule has 0 aliphatic rings. The first kappa shape index (κ1) is 10.9. The zero-order valence-electron chi connectivity index (χ0n) is 9.61. The Morgan fingerprint density at radius 1 is 1.44 bits per heavy atom. The first-order chi connectivity index (χ1) is 7.67. The fourth-order valence-electron chi connectivity index (χ4n) is 1.48. The van der Waals surface area contributed by atoms with Gasteiger partial charge in [-0.15, -0.1) is 11.3 Å². The Morgan fingerprint density at radius 2 is 2.19 bits per heavy atom. The molecule has 0 aromatic carbocycles. The van der Waals surface area contributed by atoms with E-state index in [2.05, 4.69) is 27.2 Å². The van der Waals surface area contributed by atoms with Gasteiger partial charge in [0.2, 0.25) is 5.95 Å². The van der Waals surface area contributed by atoms with Crippen molar-refractivity contribution in [3.63, 3.8) is 0 Å². The molecule has 0 amide bonds. The van der Waals surface area contributed by atoms with Crippen LogP contribution in [0, 0.1) is 0 Å². The summed E-state index contributed by atoms with van der Waals surface area (Å²) >= 11 is 1.65. The number of rotatable bonds is 3. The van der Waals surface area contributed by atoms with Gasteiger partial charge in [0.15, 0.2) is 5.82 Å². The molecule has 0 fully saturated rings. The van der Waals surface area contributed by atoms with E-state index in [9.17, 15) is 0 Å². The van der Waals surface area contributed by atoms with E-state index in [1.807, 2.05) is 32.1 Å². The lowest BCUT2D eigenvalue weighted by Crippen LogP contribution is -2.12. The number of anilines is 2. The van der Waals surface area contributed by atoms with Gasteiger partial charge in [-0.1, -0.05) is 12.7 Å². The van der Waals surface area contributed by atoms with Crippen LogP contribution in [-0.4, -0.2) is 31.1 Å². The molecule has 2 aromatic rings. The average molecular weight is 234 g/mol. The standard InChI is InChI=1S/C11H14N4S/c1-5-7-6-16-9-8(7)13-11(12-2)14-10(9)15(3)4/h5-6H,1H2,2-4H3,(H,12,13,14). The summed E-state index contributed by atoms with van der Waals surface area (Å²) < 4.78 is 1.10. The van der Waals surface area contributed by atoms with Crippen LogP contribution in [0.2, 0.25) is 0 Å². The normalized spacial score (nSPS) is 10.4. The molecule has 4 nitrogen and oxygen atoms in total. The van der Waals surface area contributed by atoms with Crippen LogP contribution in [0.25, 0.3) is 16.3 Å². The molecular weight excluding hydrogens is 220 g/mol. The highest BCUT2D eigenvalue weighted by atomic mass is 32.1. The molecular formula is C11H14N4S. The Morgan fingerprint density at radius 3 is 2.75 bits per heavy atom. The molecule has 16 heavy (non-hydrogen) atoms. The van der Waals surface area contributed by atoms with Crippen LogP contribution < -0.4 is 10.2 Å². The Kier molecular flexibility index (Phi) is 2.78. The second-order valence-corrected chi connectivity index (χ2v) is 4.47. The van der Waals surface area contributed by atoms with Gasteiger partial charge in [-0.05, 0) is 0 Å². The summed E-state index contributed by atoms with van der Waals surface area (Å²) in [5.41, 5.74) is 2.02. The summed E-state index contributed by atoms with van der Waals surface area (Å²) in [5.74, 6) is 1.57. The van der Waals surface area contributed by atoms with Gasteiger partial charge in [0.25, 0.3) is 0 Å². The van der Waals surface area contributed by atoms with Crippen molar-refractivity contribution in [3.8, 4) is 0 Å². The van der Waals surface area contributed by atoms with E-state index in [-0.39, 0.29) is 0 Å². The molecule has 0 atom stereocenters. The summed E-state index contributed by atoms with van der Waals surface area (Å²) in [6.45, 7) is 3.80. The summed E-state index contributed by atoms with van der Waals surface area (Å²) in [7, 11) is 5.78. The molecule has 1 N–H and O–H groups in total. The number of nitrogens with zero attached hydrogens (tertiary/aromatic N) is 3. The zero-order chi connectivity index (χ0) is 11.7. The van der Waals surface area contributed by atoms with E-state index in [4.69, 9.17) is 0 Å². The van der Waals surface area contributed by atoms with E-state index in [0.29, 0.717) is 5.95 Å². The lowest BCUT2D eigenvalue weighted by molar-refractivity contribution is 1.06. The van der Waals surface area contributed by atoms with Gasteiger partial charge < -0.3 is 10.2 Å². The van der Waals surface area contributed by atoms with E-state index in [1.165, 1.54) is 0 Å².